The van der Waals surface area contributed by atoms with Crippen molar-refractivity contribution in [3.05, 3.63) is 57.6 Å². The van der Waals surface area contributed by atoms with Crippen molar-refractivity contribution in [1.82, 2.24) is 14.5 Å². The number of piperidine rings is 1. The summed E-state index contributed by atoms with van der Waals surface area (Å²) < 4.78 is 36.4. The summed E-state index contributed by atoms with van der Waals surface area (Å²) in [5.74, 6) is -1.58. The minimum atomic E-state index is -1.07. The Morgan fingerprint density at radius 1 is 1.32 bits per heavy atom. The molecule has 7 nitrogen and oxygen atoms in total. The average molecular weight is 450 g/mol. The zero-order chi connectivity index (χ0) is 22.3. The van der Waals surface area contributed by atoms with E-state index in [1.54, 1.807) is 0 Å². The van der Waals surface area contributed by atoms with Crippen molar-refractivity contribution in [3.63, 3.8) is 0 Å². The molecule has 0 aliphatic carbocycles. The molecule has 2 heterocycles. The van der Waals surface area contributed by atoms with Gasteiger partial charge in [0.1, 0.15) is 17.1 Å². The maximum Gasteiger partial charge on any atom is 0.407 e. The van der Waals surface area contributed by atoms with Crippen LogP contribution in [0.2, 0.25) is 5.02 Å². The summed E-state index contributed by atoms with van der Waals surface area (Å²) in [5, 5.41) is 9.00. The van der Waals surface area contributed by atoms with E-state index in [1.807, 2.05) is 0 Å². The zero-order valence-corrected chi connectivity index (χ0v) is 17.2. The SMILES string of the molecule is COc1cccc(F)c1-c1c(Cl)cc2c(=O)n(C3CCCN(C(=O)O)C3)cnc2c1F. The van der Waals surface area contributed by atoms with Gasteiger partial charge in [0.25, 0.3) is 5.56 Å². The first-order valence-electron chi connectivity index (χ1n) is 9.53. The van der Waals surface area contributed by atoms with E-state index in [0.717, 1.165) is 6.07 Å². The lowest BCUT2D eigenvalue weighted by atomic mass is 10.0. The fourth-order valence-corrected chi connectivity index (χ4v) is 4.26. The largest absolute Gasteiger partial charge is 0.496 e. The number of ether oxygens (including phenoxy) is 1. The van der Waals surface area contributed by atoms with Crippen molar-refractivity contribution in [2.75, 3.05) is 20.2 Å². The molecule has 1 aliphatic rings. The number of hydrogen-bond acceptors (Lipinski definition) is 4. The molecule has 1 aromatic heterocycles. The van der Waals surface area contributed by atoms with Crippen LogP contribution in [0.15, 0.2) is 35.4 Å². The highest BCUT2D eigenvalue weighted by molar-refractivity contribution is 6.34. The van der Waals surface area contributed by atoms with E-state index in [9.17, 15) is 19.1 Å². The van der Waals surface area contributed by atoms with Crippen molar-refractivity contribution < 1.29 is 23.4 Å². The van der Waals surface area contributed by atoms with E-state index in [1.165, 1.54) is 41.1 Å². The Hall–Kier alpha value is -3.20. The Morgan fingerprint density at radius 2 is 2.10 bits per heavy atom. The van der Waals surface area contributed by atoms with E-state index in [0.29, 0.717) is 19.4 Å². The van der Waals surface area contributed by atoms with Gasteiger partial charge in [-0.3, -0.25) is 9.36 Å². The number of nitrogens with zero attached hydrogens (tertiary/aromatic N) is 3. The summed E-state index contributed by atoms with van der Waals surface area (Å²) in [6, 6.07) is 4.88. The number of halogens is 3. The van der Waals surface area contributed by atoms with Crippen LogP contribution in [0.4, 0.5) is 13.6 Å². The Labute approximate surface area is 180 Å². The molecule has 0 bridgehead atoms. The number of rotatable bonds is 3. The summed E-state index contributed by atoms with van der Waals surface area (Å²) >= 11 is 6.29. The second-order valence-electron chi connectivity index (χ2n) is 7.24. The first-order valence-corrected chi connectivity index (χ1v) is 9.90. The first-order chi connectivity index (χ1) is 14.8. The van der Waals surface area contributed by atoms with Gasteiger partial charge in [-0.1, -0.05) is 17.7 Å². The monoisotopic (exact) mass is 449 g/mol. The molecule has 0 radical (unpaired) electrons. The molecule has 31 heavy (non-hydrogen) atoms. The Balaban J connectivity index is 1.87. The molecule has 1 N–H and O–H groups in total. The fourth-order valence-electron chi connectivity index (χ4n) is 3.97. The number of hydrogen-bond donors (Lipinski definition) is 1. The first kappa shape index (κ1) is 21.0. The van der Waals surface area contributed by atoms with Gasteiger partial charge in [0.2, 0.25) is 0 Å². The highest BCUT2D eigenvalue weighted by atomic mass is 35.5. The second-order valence-corrected chi connectivity index (χ2v) is 7.65. The summed E-state index contributed by atoms with van der Waals surface area (Å²) in [5.41, 5.74) is -1.21. The lowest BCUT2D eigenvalue weighted by Gasteiger charge is -2.31. The number of amides is 1. The summed E-state index contributed by atoms with van der Waals surface area (Å²) in [6.07, 6.45) is 1.30. The van der Waals surface area contributed by atoms with Gasteiger partial charge in [-0.05, 0) is 31.0 Å². The minimum Gasteiger partial charge on any atom is -0.496 e. The third-order valence-corrected chi connectivity index (χ3v) is 5.77. The van der Waals surface area contributed by atoms with Gasteiger partial charge in [-0.25, -0.2) is 18.6 Å². The number of methoxy groups -OCH3 is 1. The van der Waals surface area contributed by atoms with Gasteiger partial charge in [0, 0.05) is 18.7 Å². The summed E-state index contributed by atoms with van der Waals surface area (Å²) in [7, 11) is 1.33. The van der Waals surface area contributed by atoms with Crippen molar-refractivity contribution >= 4 is 28.6 Å². The van der Waals surface area contributed by atoms with Crippen LogP contribution in [0.3, 0.4) is 0 Å². The van der Waals surface area contributed by atoms with Crippen LogP contribution in [0.25, 0.3) is 22.0 Å². The third kappa shape index (κ3) is 3.59. The number of benzene rings is 2. The average Bonchev–Trinajstić information content (AvgIpc) is 2.75. The highest BCUT2D eigenvalue weighted by Gasteiger charge is 2.27. The molecule has 0 saturated carbocycles. The van der Waals surface area contributed by atoms with Gasteiger partial charge in [0.05, 0.1) is 35.5 Å². The van der Waals surface area contributed by atoms with Crippen LogP contribution in [0.5, 0.6) is 5.75 Å². The number of likely N-dealkylation sites (tertiary alicyclic amines) is 1. The molecule has 1 unspecified atom stereocenters. The molecule has 1 fully saturated rings. The van der Waals surface area contributed by atoms with Crippen LogP contribution < -0.4 is 10.3 Å². The van der Waals surface area contributed by atoms with Crippen LogP contribution >= 0.6 is 11.6 Å². The highest BCUT2D eigenvalue weighted by Crippen LogP contribution is 2.40. The fraction of sp³-hybridized carbons (Fsp3) is 0.286. The molecule has 0 spiro atoms. The predicted octanol–water partition coefficient (Wildman–Crippen LogP) is 4.32. The molecule has 4 rings (SSSR count). The molecule has 3 aromatic rings. The molecular weight excluding hydrogens is 432 g/mol. The van der Waals surface area contributed by atoms with Crippen molar-refractivity contribution in [2.24, 2.45) is 0 Å². The van der Waals surface area contributed by atoms with Crippen molar-refractivity contribution in [2.45, 2.75) is 18.9 Å². The smallest absolute Gasteiger partial charge is 0.407 e. The Bertz CT molecular complexity index is 1250. The molecule has 10 heteroatoms. The molecule has 2 aromatic carbocycles. The van der Waals surface area contributed by atoms with Gasteiger partial charge in [0.15, 0.2) is 5.82 Å². The normalized spacial score (nSPS) is 16.5. The van der Waals surface area contributed by atoms with Gasteiger partial charge in [-0.15, -0.1) is 0 Å². The van der Waals surface area contributed by atoms with Crippen molar-refractivity contribution in [1.29, 1.82) is 0 Å². The zero-order valence-electron chi connectivity index (χ0n) is 16.4. The van der Waals surface area contributed by atoms with Gasteiger partial charge >= 0.3 is 6.09 Å². The second kappa shape index (κ2) is 8.14. The predicted molar refractivity (Wildman–Crippen MR) is 111 cm³/mol. The van der Waals surface area contributed by atoms with E-state index in [-0.39, 0.29) is 39.3 Å². The summed E-state index contributed by atoms with van der Waals surface area (Å²) in [4.78, 5) is 29.7. The molecule has 1 aliphatic heterocycles. The molecule has 1 saturated heterocycles. The van der Waals surface area contributed by atoms with Crippen LogP contribution in [-0.2, 0) is 0 Å². The molecular formula is C21H18ClF2N3O4. The molecule has 1 atom stereocenters. The summed E-state index contributed by atoms with van der Waals surface area (Å²) in [6.45, 7) is 0.513. The number of carboxylic acid groups (broad SMARTS) is 1. The van der Waals surface area contributed by atoms with E-state index in [2.05, 4.69) is 4.98 Å². The molecule has 162 valence electrons. The van der Waals surface area contributed by atoms with Gasteiger partial charge < -0.3 is 14.7 Å². The molecule has 1 amide bonds. The standard InChI is InChI=1S/C21H18ClF2N3O4/c1-31-15-6-2-5-14(23)17(15)16-13(22)8-12-19(18(16)24)25-10-27(20(12)28)11-4-3-7-26(9-11)21(29)30/h2,5-6,8,10-11H,3-4,7,9H2,1H3,(H,29,30). The maximum absolute atomic E-state index is 15.4. The van der Waals surface area contributed by atoms with E-state index >= 15 is 4.39 Å². The Kier molecular flexibility index (Phi) is 5.53. The lowest BCUT2D eigenvalue weighted by molar-refractivity contribution is 0.121. The number of aromatic nitrogens is 2. The van der Waals surface area contributed by atoms with E-state index < -0.39 is 29.3 Å². The van der Waals surface area contributed by atoms with Crippen LogP contribution in [-0.4, -0.2) is 45.9 Å². The quantitative estimate of drug-likeness (QED) is 0.643. The third-order valence-electron chi connectivity index (χ3n) is 5.47. The Morgan fingerprint density at radius 3 is 2.81 bits per heavy atom. The van der Waals surface area contributed by atoms with Crippen LogP contribution in [0.1, 0.15) is 18.9 Å². The topological polar surface area (TPSA) is 84.7 Å². The lowest BCUT2D eigenvalue weighted by Crippen LogP contribution is -2.42. The number of carbonyl (C=O) groups is 1. The maximum atomic E-state index is 15.4. The van der Waals surface area contributed by atoms with Crippen LogP contribution in [0, 0.1) is 11.6 Å². The van der Waals surface area contributed by atoms with Crippen molar-refractivity contribution in [3.8, 4) is 16.9 Å². The van der Waals surface area contributed by atoms with E-state index in [4.69, 9.17) is 16.3 Å². The number of fused-ring (bicyclic) bond motifs is 1. The van der Waals surface area contributed by atoms with Gasteiger partial charge in [-0.2, -0.15) is 0 Å². The minimum absolute atomic E-state index is 0.0727.